The second-order valence-electron chi connectivity index (χ2n) is 5.30. The fourth-order valence-electron chi connectivity index (χ4n) is 2.11. The Hall–Kier alpha value is -2.09. The van der Waals surface area contributed by atoms with Crippen LogP contribution in [0.3, 0.4) is 0 Å². The molecule has 0 saturated carbocycles. The molecule has 0 heterocycles. The highest BCUT2D eigenvalue weighted by Gasteiger charge is 1.99. The first kappa shape index (κ1) is 14.3. The van der Waals surface area contributed by atoms with Crippen LogP contribution in [0, 0.1) is 27.7 Å². The molecular formula is C18H21NO. The van der Waals surface area contributed by atoms with Crippen LogP contribution in [0.2, 0.25) is 0 Å². The zero-order valence-corrected chi connectivity index (χ0v) is 12.6. The second-order valence-corrected chi connectivity index (χ2v) is 5.30. The molecule has 0 bridgehead atoms. The average Bonchev–Trinajstić information content (AvgIpc) is 2.40. The van der Waals surface area contributed by atoms with Gasteiger partial charge in [0, 0.05) is 0 Å². The maximum absolute atomic E-state index is 5.41. The maximum Gasteiger partial charge on any atom is 0.142 e. The molecule has 2 aromatic rings. The van der Waals surface area contributed by atoms with Crippen LogP contribution in [0.5, 0.6) is 0 Å². The molecule has 104 valence electrons. The van der Waals surface area contributed by atoms with Crippen LogP contribution in [-0.4, -0.2) is 6.21 Å². The minimum absolute atomic E-state index is 0.507. The zero-order valence-electron chi connectivity index (χ0n) is 12.6. The van der Waals surface area contributed by atoms with Crippen molar-refractivity contribution in [3.63, 3.8) is 0 Å². The molecule has 0 saturated heterocycles. The quantitative estimate of drug-likeness (QED) is 0.591. The monoisotopic (exact) mass is 267 g/mol. The Labute approximate surface area is 121 Å². The first-order chi connectivity index (χ1) is 9.56. The molecule has 0 N–H and O–H groups in total. The van der Waals surface area contributed by atoms with E-state index in [2.05, 4.69) is 69.2 Å². The average molecular weight is 267 g/mol. The van der Waals surface area contributed by atoms with Gasteiger partial charge in [0.25, 0.3) is 0 Å². The smallest absolute Gasteiger partial charge is 0.142 e. The topological polar surface area (TPSA) is 21.6 Å². The van der Waals surface area contributed by atoms with E-state index in [1.165, 1.54) is 27.8 Å². The third kappa shape index (κ3) is 3.70. The van der Waals surface area contributed by atoms with Crippen LogP contribution in [-0.2, 0) is 11.4 Å². The molecule has 0 unspecified atom stereocenters. The summed E-state index contributed by atoms with van der Waals surface area (Å²) in [7, 11) is 0. The van der Waals surface area contributed by atoms with Crippen molar-refractivity contribution >= 4 is 6.21 Å². The van der Waals surface area contributed by atoms with E-state index in [1.54, 1.807) is 6.21 Å². The van der Waals surface area contributed by atoms with Crippen molar-refractivity contribution in [2.24, 2.45) is 5.16 Å². The summed E-state index contributed by atoms with van der Waals surface area (Å²) in [5.41, 5.74) is 7.22. The van der Waals surface area contributed by atoms with Gasteiger partial charge in [-0.2, -0.15) is 0 Å². The molecule has 2 nitrogen and oxygen atoms in total. The van der Waals surface area contributed by atoms with Gasteiger partial charge in [-0.3, -0.25) is 0 Å². The Balaban J connectivity index is 1.98. The standard InChI is InChI=1S/C18H21NO/c1-13-6-8-17(16(4)9-13)12-20-19-11-18-10-14(2)5-7-15(18)3/h5-11H,12H2,1-4H3/b19-11+. The molecule has 0 aliphatic rings. The summed E-state index contributed by atoms with van der Waals surface area (Å²) in [5, 5.41) is 4.08. The van der Waals surface area contributed by atoms with Crippen LogP contribution in [0.25, 0.3) is 0 Å². The van der Waals surface area contributed by atoms with Crippen molar-refractivity contribution in [3.8, 4) is 0 Å². The van der Waals surface area contributed by atoms with Crippen molar-refractivity contribution in [1.29, 1.82) is 0 Å². The largest absolute Gasteiger partial charge is 0.391 e. The van der Waals surface area contributed by atoms with Gasteiger partial charge in [-0.25, -0.2) is 0 Å². The molecule has 2 aromatic carbocycles. The van der Waals surface area contributed by atoms with E-state index in [-0.39, 0.29) is 0 Å². The van der Waals surface area contributed by atoms with E-state index >= 15 is 0 Å². The number of hydrogen-bond donors (Lipinski definition) is 0. The molecule has 2 rings (SSSR count). The van der Waals surface area contributed by atoms with Gasteiger partial charge in [0.1, 0.15) is 6.61 Å². The van der Waals surface area contributed by atoms with Crippen molar-refractivity contribution < 1.29 is 4.84 Å². The zero-order chi connectivity index (χ0) is 14.5. The van der Waals surface area contributed by atoms with Gasteiger partial charge in [0.2, 0.25) is 0 Å². The minimum Gasteiger partial charge on any atom is -0.391 e. The fraction of sp³-hybridized carbons (Fsp3) is 0.278. The number of rotatable bonds is 4. The molecule has 2 heteroatoms. The van der Waals surface area contributed by atoms with Crippen LogP contribution < -0.4 is 0 Å². The molecule has 0 spiro atoms. The Kier molecular flexibility index (Phi) is 4.57. The van der Waals surface area contributed by atoms with Crippen LogP contribution in [0.15, 0.2) is 41.6 Å². The van der Waals surface area contributed by atoms with Crippen LogP contribution >= 0.6 is 0 Å². The number of hydrogen-bond acceptors (Lipinski definition) is 2. The van der Waals surface area contributed by atoms with Crippen molar-refractivity contribution in [3.05, 3.63) is 69.8 Å². The SMILES string of the molecule is Cc1ccc(CO/N=C/c2cc(C)ccc2C)c(C)c1. The van der Waals surface area contributed by atoms with Crippen LogP contribution in [0.1, 0.15) is 33.4 Å². The maximum atomic E-state index is 5.41. The minimum atomic E-state index is 0.507. The predicted octanol–water partition coefficient (Wildman–Crippen LogP) is 4.47. The van der Waals surface area contributed by atoms with E-state index < -0.39 is 0 Å². The molecule has 0 radical (unpaired) electrons. The Morgan fingerprint density at radius 3 is 2.35 bits per heavy atom. The molecule has 0 amide bonds. The van der Waals surface area contributed by atoms with E-state index in [1.807, 2.05) is 0 Å². The van der Waals surface area contributed by atoms with E-state index in [4.69, 9.17) is 4.84 Å². The summed E-state index contributed by atoms with van der Waals surface area (Å²) in [6, 6.07) is 12.7. The Morgan fingerprint density at radius 1 is 0.900 bits per heavy atom. The lowest BCUT2D eigenvalue weighted by atomic mass is 10.1. The first-order valence-electron chi connectivity index (χ1n) is 6.85. The first-order valence-corrected chi connectivity index (χ1v) is 6.85. The summed E-state index contributed by atoms with van der Waals surface area (Å²) >= 11 is 0. The van der Waals surface area contributed by atoms with Crippen LogP contribution in [0.4, 0.5) is 0 Å². The highest BCUT2D eigenvalue weighted by Crippen LogP contribution is 2.12. The molecular weight excluding hydrogens is 246 g/mol. The molecule has 0 atom stereocenters. The van der Waals surface area contributed by atoms with Gasteiger partial charge < -0.3 is 4.84 Å². The van der Waals surface area contributed by atoms with Gasteiger partial charge in [-0.15, -0.1) is 0 Å². The second kappa shape index (κ2) is 6.38. The summed E-state index contributed by atoms with van der Waals surface area (Å²) in [6.45, 7) is 8.85. The molecule has 0 aromatic heterocycles. The molecule has 0 fully saturated rings. The van der Waals surface area contributed by atoms with Gasteiger partial charge >= 0.3 is 0 Å². The highest BCUT2D eigenvalue weighted by molar-refractivity contribution is 5.81. The molecule has 0 aliphatic carbocycles. The van der Waals surface area contributed by atoms with Crippen molar-refractivity contribution in [2.75, 3.05) is 0 Å². The third-order valence-corrected chi connectivity index (χ3v) is 3.42. The van der Waals surface area contributed by atoms with Gasteiger partial charge in [-0.05, 0) is 49.9 Å². The Bertz CT molecular complexity index is 629. The van der Waals surface area contributed by atoms with E-state index in [0.717, 1.165) is 5.56 Å². The highest BCUT2D eigenvalue weighted by atomic mass is 16.6. The lowest BCUT2D eigenvalue weighted by molar-refractivity contribution is 0.131. The number of oxime groups is 1. The lowest BCUT2D eigenvalue weighted by Crippen LogP contribution is -1.93. The fourth-order valence-corrected chi connectivity index (χ4v) is 2.11. The van der Waals surface area contributed by atoms with Crippen molar-refractivity contribution in [2.45, 2.75) is 34.3 Å². The van der Waals surface area contributed by atoms with Gasteiger partial charge in [0.05, 0.1) is 6.21 Å². The summed E-state index contributed by atoms with van der Waals surface area (Å²) in [6.07, 6.45) is 1.78. The van der Waals surface area contributed by atoms with E-state index in [0.29, 0.717) is 6.61 Å². The predicted molar refractivity (Wildman–Crippen MR) is 84.2 cm³/mol. The van der Waals surface area contributed by atoms with Crippen molar-refractivity contribution in [1.82, 2.24) is 0 Å². The normalized spacial score (nSPS) is 11.0. The molecule has 0 aliphatic heterocycles. The third-order valence-electron chi connectivity index (χ3n) is 3.42. The van der Waals surface area contributed by atoms with Gasteiger partial charge in [0.15, 0.2) is 0 Å². The number of nitrogens with zero attached hydrogens (tertiary/aromatic N) is 1. The van der Waals surface area contributed by atoms with E-state index in [9.17, 15) is 0 Å². The van der Waals surface area contributed by atoms with Gasteiger partial charge in [-0.1, -0.05) is 52.7 Å². The number of benzene rings is 2. The molecule has 20 heavy (non-hydrogen) atoms. The lowest BCUT2D eigenvalue weighted by Gasteiger charge is -2.05. The summed E-state index contributed by atoms with van der Waals surface area (Å²) < 4.78 is 0. The summed E-state index contributed by atoms with van der Waals surface area (Å²) in [4.78, 5) is 5.41. The Morgan fingerprint density at radius 2 is 1.60 bits per heavy atom. The number of aryl methyl sites for hydroxylation is 4. The summed E-state index contributed by atoms with van der Waals surface area (Å²) in [5.74, 6) is 0.